The van der Waals surface area contributed by atoms with Crippen LogP contribution in [0.3, 0.4) is 0 Å². The molecule has 0 saturated heterocycles. The van der Waals surface area contributed by atoms with E-state index in [9.17, 15) is 4.79 Å². The molecule has 3 rings (SSSR count). The monoisotopic (exact) mass is 343 g/mol. The van der Waals surface area contributed by atoms with Gasteiger partial charge in [0.05, 0.1) is 0 Å². The molecule has 25 heavy (non-hydrogen) atoms. The van der Waals surface area contributed by atoms with Crippen molar-refractivity contribution in [2.75, 3.05) is 6.61 Å². The molecule has 1 aromatic carbocycles. The van der Waals surface area contributed by atoms with Gasteiger partial charge in [-0.1, -0.05) is 44.9 Å². The minimum atomic E-state index is -0.00575. The van der Waals surface area contributed by atoms with Crippen molar-refractivity contribution in [3.8, 4) is 5.75 Å². The summed E-state index contributed by atoms with van der Waals surface area (Å²) in [5.41, 5.74) is 2.36. The molecule has 2 aliphatic carbocycles. The molecule has 0 radical (unpaired) electrons. The number of aryl methyl sites for hydroxylation is 1. The maximum absolute atomic E-state index is 12.4. The van der Waals surface area contributed by atoms with Crippen LogP contribution in [0.25, 0.3) is 0 Å². The standard InChI is InChI=1S/C22H33NO2/c1-14-6-9-20(19(10-14)22(3,4)5)25-13-21(24)23-15(2)18-12-16-7-8-17(18)11-16/h6,9-10,15-18H,7-8,11-13H2,1-5H3,(H,23,24)/t15-,16-,17-,18-/m1/s1. The number of fused-ring (bicyclic) bond motifs is 2. The van der Waals surface area contributed by atoms with Gasteiger partial charge in [-0.2, -0.15) is 0 Å². The first kappa shape index (κ1) is 18.3. The van der Waals surface area contributed by atoms with Crippen LogP contribution in [0.2, 0.25) is 0 Å². The number of carbonyl (C=O) groups is 1. The minimum absolute atomic E-state index is 0.00397. The van der Waals surface area contributed by atoms with Crippen molar-refractivity contribution in [3.05, 3.63) is 29.3 Å². The Balaban J connectivity index is 1.56. The summed E-state index contributed by atoms with van der Waals surface area (Å²) in [5.74, 6) is 3.21. The van der Waals surface area contributed by atoms with Gasteiger partial charge < -0.3 is 10.1 Å². The highest BCUT2D eigenvalue weighted by atomic mass is 16.5. The minimum Gasteiger partial charge on any atom is -0.483 e. The molecule has 0 aliphatic heterocycles. The fraction of sp³-hybridized carbons (Fsp3) is 0.682. The molecule has 0 unspecified atom stereocenters. The van der Waals surface area contributed by atoms with Crippen molar-refractivity contribution in [1.29, 1.82) is 0 Å². The van der Waals surface area contributed by atoms with Crippen molar-refractivity contribution < 1.29 is 9.53 Å². The fourth-order valence-corrected chi connectivity index (χ4v) is 4.81. The second kappa shape index (κ2) is 7.01. The normalized spacial score (nSPS) is 26.5. The van der Waals surface area contributed by atoms with Crippen molar-refractivity contribution in [3.63, 3.8) is 0 Å². The van der Waals surface area contributed by atoms with Gasteiger partial charge in [-0.05, 0) is 67.9 Å². The van der Waals surface area contributed by atoms with E-state index in [1.165, 1.54) is 31.2 Å². The lowest BCUT2D eigenvalue weighted by atomic mass is 9.84. The van der Waals surface area contributed by atoms with Crippen molar-refractivity contribution in [2.45, 2.75) is 71.8 Å². The van der Waals surface area contributed by atoms with Gasteiger partial charge in [0.1, 0.15) is 5.75 Å². The predicted octanol–water partition coefficient (Wildman–Crippen LogP) is 4.61. The number of hydrogen-bond acceptors (Lipinski definition) is 2. The van der Waals surface area contributed by atoms with Gasteiger partial charge in [-0.25, -0.2) is 0 Å². The largest absolute Gasteiger partial charge is 0.483 e. The Morgan fingerprint density at radius 2 is 2.04 bits per heavy atom. The van der Waals surface area contributed by atoms with Gasteiger partial charge in [0.2, 0.25) is 0 Å². The number of ether oxygens (including phenoxy) is 1. The van der Waals surface area contributed by atoms with E-state index >= 15 is 0 Å². The van der Waals surface area contributed by atoms with E-state index in [2.05, 4.69) is 46.0 Å². The number of benzene rings is 1. The lowest BCUT2D eigenvalue weighted by Crippen LogP contribution is -2.42. The summed E-state index contributed by atoms with van der Waals surface area (Å²) in [6.45, 7) is 10.9. The third-order valence-corrected chi connectivity index (χ3v) is 6.13. The number of amides is 1. The molecule has 2 fully saturated rings. The maximum atomic E-state index is 12.4. The van der Waals surface area contributed by atoms with Crippen molar-refractivity contribution in [1.82, 2.24) is 5.32 Å². The van der Waals surface area contributed by atoms with Crippen LogP contribution in [0, 0.1) is 24.7 Å². The van der Waals surface area contributed by atoms with Crippen LogP contribution in [-0.2, 0) is 10.2 Å². The Kier molecular flexibility index (Phi) is 5.13. The highest BCUT2D eigenvalue weighted by molar-refractivity contribution is 5.77. The third-order valence-electron chi connectivity index (χ3n) is 6.13. The Morgan fingerprint density at radius 1 is 1.28 bits per heavy atom. The van der Waals surface area contributed by atoms with Gasteiger partial charge >= 0.3 is 0 Å². The number of nitrogens with one attached hydrogen (secondary N) is 1. The molecule has 0 spiro atoms. The van der Waals surface area contributed by atoms with E-state index in [4.69, 9.17) is 4.74 Å². The molecule has 2 bridgehead atoms. The number of rotatable bonds is 5. The molecule has 1 aromatic rings. The predicted molar refractivity (Wildman–Crippen MR) is 102 cm³/mol. The summed E-state index contributed by atoms with van der Waals surface area (Å²) in [6, 6.07) is 6.44. The van der Waals surface area contributed by atoms with Gasteiger partial charge in [0, 0.05) is 6.04 Å². The highest BCUT2D eigenvalue weighted by Gasteiger charge is 2.42. The Hall–Kier alpha value is -1.51. The van der Waals surface area contributed by atoms with Crippen LogP contribution in [0.15, 0.2) is 18.2 Å². The van der Waals surface area contributed by atoms with Gasteiger partial charge in [0.25, 0.3) is 5.91 Å². The van der Waals surface area contributed by atoms with Crippen LogP contribution in [0.1, 0.15) is 64.5 Å². The maximum Gasteiger partial charge on any atom is 0.258 e. The second-order valence-corrected chi connectivity index (χ2v) is 9.23. The smallest absolute Gasteiger partial charge is 0.258 e. The lowest BCUT2D eigenvalue weighted by Gasteiger charge is -2.28. The topological polar surface area (TPSA) is 38.3 Å². The van der Waals surface area contributed by atoms with Gasteiger partial charge in [0.15, 0.2) is 6.61 Å². The molecule has 138 valence electrons. The zero-order chi connectivity index (χ0) is 18.2. The van der Waals surface area contributed by atoms with Crippen molar-refractivity contribution >= 4 is 5.91 Å². The van der Waals surface area contributed by atoms with E-state index in [-0.39, 0.29) is 24.0 Å². The van der Waals surface area contributed by atoms with Gasteiger partial charge in [-0.3, -0.25) is 4.79 Å². The molecule has 3 heteroatoms. The number of hydrogen-bond donors (Lipinski definition) is 1. The van der Waals surface area contributed by atoms with Crippen LogP contribution in [-0.4, -0.2) is 18.6 Å². The van der Waals surface area contributed by atoms with E-state index in [1.807, 2.05) is 12.1 Å². The Labute approximate surface area is 152 Å². The molecule has 3 nitrogen and oxygen atoms in total. The second-order valence-electron chi connectivity index (χ2n) is 9.23. The van der Waals surface area contributed by atoms with Gasteiger partial charge in [-0.15, -0.1) is 0 Å². The zero-order valence-corrected chi connectivity index (χ0v) is 16.4. The molecule has 2 aliphatic rings. The molecule has 4 atom stereocenters. The highest BCUT2D eigenvalue weighted by Crippen LogP contribution is 2.49. The first-order valence-electron chi connectivity index (χ1n) is 9.77. The van der Waals surface area contributed by atoms with Crippen LogP contribution in [0.5, 0.6) is 5.75 Å². The summed E-state index contributed by atoms with van der Waals surface area (Å²) >= 11 is 0. The Bertz CT molecular complexity index is 631. The van der Waals surface area contributed by atoms with Crippen LogP contribution >= 0.6 is 0 Å². The SMILES string of the molecule is Cc1ccc(OCC(=O)N[C@H](C)[C@H]2C[C@@H]3CC[C@@H]2C3)c(C(C)(C)C)c1. The van der Waals surface area contributed by atoms with E-state index in [0.29, 0.717) is 5.92 Å². The van der Waals surface area contributed by atoms with Crippen LogP contribution in [0.4, 0.5) is 0 Å². The molecule has 0 aromatic heterocycles. The molecule has 1 amide bonds. The molecule has 2 saturated carbocycles. The van der Waals surface area contributed by atoms with E-state index < -0.39 is 0 Å². The lowest BCUT2D eigenvalue weighted by molar-refractivity contribution is -0.124. The number of carbonyl (C=O) groups excluding carboxylic acids is 1. The average molecular weight is 344 g/mol. The zero-order valence-electron chi connectivity index (χ0n) is 16.4. The molecular formula is C22H33NO2. The van der Waals surface area contributed by atoms with Crippen LogP contribution < -0.4 is 10.1 Å². The average Bonchev–Trinajstić information content (AvgIpc) is 3.15. The van der Waals surface area contributed by atoms with E-state index in [0.717, 1.165) is 23.1 Å². The third kappa shape index (κ3) is 4.19. The van der Waals surface area contributed by atoms with E-state index in [1.54, 1.807) is 0 Å². The summed E-state index contributed by atoms with van der Waals surface area (Å²) in [6.07, 6.45) is 5.41. The Morgan fingerprint density at radius 3 is 2.64 bits per heavy atom. The van der Waals surface area contributed by atoms with Crippen molar-refractivity contribution in [2.24, 2.45) is 17.8 Å². The first-order chi connectivity index (χ1) is 11.7. The summed E-state index contributed by atoms with van der Waals surface area (Å²) in [4.78, 5) is 12.4. The summed E-state index contributed by atoms with van der Waals surface area (Å²) in [7, 11) is 0. The molecular weight excluding hydrogens is 310 g/mol. The summed E-state index contributed by atoms with van der Waals surface area (Å²) < 4.78 is 5.89. The molecule has 1 N–H and O–H groups in total. The quantitative estimate of drug-likeness (QED) is 0.847. The molecule has 0 heterocycles. The first-order valence-corrected chi connectivity index (χ1v) is 9.77. The summed E-state index contributed by atoms with van der Waals surface area (Å²) in [5, 5.41) is 3.18. The fourth-order valence-electron chi connectivity index (χ4n) is 4.81.